The number of carbonyl (C=O) groups is 1. The van der Waals surface area contributed by atoms with Crippen LogP contribution in [-0.2, 0) is 11.2 Å². The minimum Gasteiger partial charge on any atom is -0.477 e. The summed E-state index contributed by atoms with van der Waals surface area (Å²) < 4.78 is 6.71. The first-order chi connectivity index (χ1) is 12.0. The van der Waals surface area contributed by atoms with E-state index in [1.54, 1.807) is 12.1 Å². The Morgan fingerprint density at radius 1 is 1.32 bits per heavy atom. The van der Waals surface area contributed by atoms with Gasteiger partial charge in [0, 0.05) is 22.5 Å². The molecule has 0 unspecified atom stereocenters. The van der Waals surface area contributed by atoms with Gasteiger partial charge >= 0.3 is 5.97 Å². The Labute approximate surface area is 156 Å². The molecule has 0 saturated carbocycles. The highest BCUT2D eigenvalue weighted by Crippen LogP contribution is 2.29. The summed E-state index contributed by atoms with van der Waals surface area (Å²) in [6.07, 6.45) is 2.17. The summed E-state index contributed by atoms with van der Waals surface area (Å²) in [5, 5.41) is 16.5. The maximum atomic E-state index is 11.5. The average molecular weight is 420 g/mol. The zero-order valence-corrected chi connectivity index (χ0v) is 15.6. The third-order valence-electron chi connectivity index (χ3n) is 3.29. The van der Waals surface area contributed by atoms with Crippen molar-refractivity contribution in [1.29, 1.82) is 0 Å². The van der Waals surface area contributed by atoms with Gasteiger partial charge in [-0.15, -0.1) is 5.10 Å². The zero-order valence-electron chi connectivity index (χ0n) is 13.2. The topological polar surface area (TPSA) is 92.0 Å². The molecule has 0 radical (unpaired) electrons. The van der Waals surface area contributed by atoms with Crippen LogP contribution in [0.5, 0.6) is 0 Å². The third-order valence-corrected chi connectivity index (χ3v) is 4.69. The van der Waals surface area contributed by atoms with Crippen LogP contribution in [0.25, 0.3) is 17.4 Å². The van der Waals surface area contributed by atoms with Crippen LogP contribution in [0.3, 0.4) is 0 Å². The molecule has 3 aromatic rings. The van der Waals surface area contributed by atoms with Crippen LogP contribution >= 0.6 is 27.7 Å². The second-order valence-electron chi connectivity index (χ2n) is 5.04. The number of hydrogen-bond acceptors (Lipinski definition) is 5. The number of benzene rings is 1. The van der Waals surface area contributed by atoms with Gasteiger partial charge in [0.1, 0.15) is 22.3 Å². The van der Waals surface area contributed by atoms with Gasteiger partial charge < -0.3 is 9.52 Å². The van der Waals surface area contributed by atoms with E-state index in [2.05, 4.69) is 31.1 Å². The summed E-state index contributed by atoms with van der Waals surface area (Å²) in [5.41, 5.74) is 0.911. The molecule has 0 fully saturated rings. The van der Waals surface area contributed by atoms with E-state index in [0.29, 0.717) is 28.9 Å². The van der Waals surface area contributed by atoms with Crippen molar-refractivity contribution in [2.24, 2.45) is 0 Å². The van der Waals surface area contributed by atoms with Crippen molar-refractivity contribution in [3.05, 3.63) is 57.4 Å². The normalized spacial score (nSPS) is 11.7. The van der Waals surface area contributed by atoms with E-state index in [9.17, 15) is 9.90 Å². The van der Waals surface area contributed by atoms with Crippen LogP contribution in [-0.4, -0.2) is 26.3 Å². The maximum Gasteiger partial charge on any atom is 0.342 e. The van der Waals surface area contributed by atoms with Crippen molar-refractivity contribution < 1.29 is 14.3 Å². The SMILES string of the molecule is CCc1nc(S/C(=C\c2ccc(-c3ccc(Br)cc3)o2)C(=O)O)n[nH]1. The molecule has 0 spiro atoms. The van der Waals surface area contributed by atoms with Crippen molar-refractivity contribution in [1.82, 2.24) is 15.2 Å². The summed E-state index contributed by atoms with van der Waals surface area (Å²) >= 11 is 4.36. The zero-order chi connectivity index (χ0) is 17.8. The van der Waals surface area contributed by atoms with Gasteiger partial charge in [-0.25, -0.2) is 9.78 Å². The number of aromatic nitrogens is 3. The Kier molecular flexibility index (Phi) is 5.40. The first-order valence-electron chi connectivity index (χ1n) is 7.45. The molecular formula is C17H14BrN3O3S. The Hall–Kier alpha value is -2.32. The molecule has 1 aromatic carbocycles. The molecule has 6 nitrogen and oxygen atoms in total. The molecule has 0 aliphatic rings. The molecule has 8 heteroatoms. The van der Waals surface area contributed by atoms with Crippen molar-refractivity contribution in [3.63, 3.8) is 0 Å². The van der Waals surface area contributed by atoms with E-state index in [1.807, 2.05) is 31.2 Å². The Morgan fingerprint density at radius 3 is 2.72 bits per heavy atom. The fourth-order valence-corrected chi connectivity index (χ4v) is 3.01. The maximum absolute atomic E-state index is 11.5. The summed E-state index contributed by atoms with van der Waals surface area (Å²) in [6, 6.07) is 11.2. The number of H-pyrrole nitrogens is 1. The summed E-state index contributed by atoms with van der Waals surface area (Å²) in [5.74, 6) is 0.769. The highest BCUT2D eigenvalue weighted by molar-refractivity contribution is 9.10. The van der Waals surface area contributed by atoms with Gasteiger partial charge in [-0.2, -0.15) is 0 Å². The van der Waals surface area contributed by atoms with Crippen LogP contribution < -0.4 is 0 Å². The van der Waals surface area contributed by atoms with Gasteiger partial charge in [-0.1, -0.05) is 35.0 Å². The highest BCUT2D eigenvalue weighted by atomic mass is 79.9. The Bertz CT molecular complexity index is 915. The van der Waals surface area contributed by atoms with Crippen LogP contribution in [0.2, 0.25) is 0 Å². The lowest BCUT2D eigenvalue weighted by molar-refractivity contribution is -0.131. The number of hydrogen-bond donors (Lipinski definition) is 2. The molecule has 0 amide bonds. The lowest BCUT2D eigenvalue weighted by Gasteiger charge is -1.98. The number of nitrogens with one attached hydrogen (secondary N) is 1. The summed E-state index contributed by atoms with van der Waals surface area (Å²) in [7, 11) is 0. The lowest BCUT2D eigenvalue weighted by Crippen LogP contribution is -1.97. The number of aromatic amines is 1. The first kappa shape index (κ1) is 17.5. The fourth-order valence-electron chi connectivity index (χ4n) is 2.04. The largest absolute Gasteiger partial charge is 0.477 e. The molecule has 0 bridgehead atoms. The van der Waals surface area contributed by atoms with Gasteiger partial charge in [0.25, 0.3) is 0 Å². The van der Waals surface area contributed by atoms with Gasteiger partial charge in [-0.05, 0) is 36.0 Å². The summed E-state index contributed by atoms with van der Waals surface area (Å²) in [4.78, 5) is 15.8. The van der Waals surface area contributed by atoms with E-state index < -0.39 is 5.97 Å². The number of carboxylic acids is 1. The number of aliphatic carboxylic acids is 1. The van der Waals surface area contributed by atoms with Gasteiger partial charge in [0.15, 0.2) is 0 Å². The number of furan rings is 1. The van der Waals surface area contributed by atoms with Crippen molar-refractivity contribution >= 4 is 39.7 Å². The van der Waals surface area contributed by atoms with Crippen molar-refractivity contribution in [2.45, 2.75) is 18.5 Å². The van der Waals surface area contributed by atoms with E-state index in [0.717, 1.165) is 21.8 Å². The first-order valence-corrected chi connectivity index (χ1v) is 9.06. The van der Waals surface area contributed by atoms with Gasteiger partial charge in [0.05, 0.1) is 0 Å². The number of nitrogens with zero attached hydrogens (tertiary/aromatic N) is 2. The predicted octanol–water partition coefficient (Wildman–Crippen LogP) is 4.61. The molecule has 0 atom stereocenters. The van der Waals surface area contributed by atoms with Gasteiger partial charge in [-0.3, -0.25) is 5.10 Å². The predicted molar refractivity (Wildman–Crippen MR) is 99.1 cm³/mol. The van der Waals surface area contributed by atoms with Crippen molar-refractivity contribution in [3.8, 4) is 11.3 Å². The van der Waals surface area contributed by atoms with E-state index in [1.165, 1.54) is 6.08 Å². The minimum absolute atomic E-state index is 0.0818. The molecule has 0 aliphatic carbocycles. The Balaban J connectivity index is 1.83. The highest BCUT2D eigenvalue weighted by Gasteiger charge is 2.14. The molecule has 2 N–H and O–H groups in total. The number of halogens is 1. The standard InChI is InChI=1S/C17H14BrN3O3S/c1-2-15-19-17(21-20-15)25-14(16(22)23)9-12-7-8-13(24-12)10-3-5-11(18)6-4-10/h3-9H,2H2,1H3,(H,22,23)(H,19,20,21)/b14-9-. The smallest absolute Gasteiger partial charge is 0.342 e. The van der Waals surface area contributed by atoms with Crippen LogP contribution in [0.1, 0.15) is 18.5 Å². The average Bonchev–Trinajstić information content (AvgIpc) is 3.24. The minimum atomic E-state index is -1.06. The molecule has 0 aliphatic heterocycles. The van der Waals surface area contributed by atoms with Gasteiger partial charge in [0.2, 0.25) is 5.16 Å². The number of rotatable bonds is 6. The Morgan fingerprint density at radius 2 is 2.08 bits per heavy atom. The third kappa shape index (κ3) is 4.40. The molecule has 0 saturated heterocycles. The van der Waals surface area contributed by atoms with Crippen LogP contribution in [0.15, 0.2) is 55.3 Å². The number of thioether (sulfide) groups is 1. The monoisotopic (exact) mass is 419 g/mol. The van der Waals surface area contributed by atoms with E-state index in [4.69, 9.17) is 4.42 Å². The van der Waals surface area contributed by atoms with E-state index >= 15 is 0 Å². The van der Waals surface area contributed by atoms with E-state index in [-0.39, 0.29) is 4.91 Å². The van der Waals surface area contributed by atoms with Crippen LogP contribution in [0, 0.1) is 0 Å². The lowest BCUT2D eigenvalue weighted by atomic mass is 10.2. The summed E-state index contributed by atoms with van der Waals surface area (Å²) in [6.45, 7) is 1.94. The second kappa shape index (κ2) is 7.71. The molecule has 25 heavy (non-hydrogen) atoms. The molecule has 128 valence electrons. The second-order valence-corrected chi connectivity index (χ2v) is 6.97. The molecular weight excluding hydrogens is 406 g/mol. The molecule has 2 heterocycles. The van der Waals surface area contributed by atoms with Crippen LogP contribution in [0.4, 0.5) is 0 Å². The fraction of sp³-hybridized carbons (Fsp3) is 0.118. The molecule has 3 rings (SSSR count). The number of carboxylic acid groups (broad SMARTS) is 1. The quantitative estimate of drug-likeness (QED) is 0.447. The molecule has 2 aromatic heterocycles. The number of aryl methyl sites for hydroxylation is 1. The van der Waals surface area contributed by atoms with Crippen molar-refractivity contribution in [2.75, 3.05) is 0 Å².